The van der Waals surface area contributed by atoms with E-state index in [2.05, 4.69) is 15.3 Å². The first kappa shape index (κ1) is 19.9. The average Bonchev–Trinajstić information content (AvgIpc) is 2.60. The SMILES string of the molecule is C[C@@H](NC(=O)COC(=O)CN(C)c1ncccn1)c1ccc(Cl)cc1Cl. The zero-order valence-electron chi connectivity index (χ0n) is 14.3. The monoisotopic (exact) mass is 396 g/mol. The third-order valence-corrected chi connectivity index (χ3v) is 3.99. The van der Waals surface area contributed by atoms with Gasteiger partial charge in [0, 0.05) is 29.5 Å². The molecule has 0 aliphatic carbocycles. The van der Waals surface area contributed by atoms with Crippen molar-refractivity contribution in [2.45, 2.75) is 13.0 Å². The fraction of sp³-hybridized carbons (Fsp3) is 0.294. The molecular formula is C17H18Cl2N4O3. The van der Waals surface area contributed by atoms with Gasteiger partial charge in [0.1, 0.15) is 6.54 Å². The van der Waals surface area contributed by atoms with E-state index in [1.165, 1.54) is 4.90 Å². The van der Waals surface area contributed by atoms with E-state index in [4.69, 9.17) is 27.9 Å². The summed E-state index contributed by atoms with van der Waals surface area (Å²) in [6.07, 6.45) is 3.14. The summed E-state index contributed by atoms with van der Waals surface area (Å²) in [6.45, 7) is 1.31. The Morgan fingerprint density at radius 1 is 1.27 bits per heavy atom. The number of likely N-dealkylation sites (N-methyl/N-ethyl adjacent to an activating group) is 1. The molecule has 1 amide bonds. The second kappa shape index (κ2) is 9.35. The van der Waals surface area contributed by atoms with Crippen LogP contribution in [0.5, 0.6) is 0 Å². The number of esters is 1. The van der Waals surface area contributed by atoms with Gasteiger partial charge in [-0.2, -0.15) is 0 Å². The number of nitrogens with zero attached hydrogens (tertiary/aromatic N) is 3. The molecule has 9 heteroatoms. The lowest BCUT2D eigenvalue weighted by Gasteiger charge is -2.17. The van der Waals surface area contributed by atoms with E-state index in [-0.39, 0.29) is 12.6 Å². The van der Waals surface area contributed by atoms with Gasteiger partial charge in [-0.05, 0) is 30.7 Å². The van der Waals surface area contributed by atoms with Gasteiger partial charge >= 0.3 is 5.97 Å². The van der Waals surface area contributed by atoms with E-state index in [0.717, 1.165) is 5.56 Å². The summed E-state index contributed by atoms with van der Waals surface area (Å²) in [5.74, 6) is -0.609. The summed E-state index contributed by atoms with van der Waals surface area (Å²) < 4.78 is 4.98. The van der Waals surface area contributed by atoms with Gasteiger partial charge in [0.15, 0.2) is 6.61 Å². The number of halogens is 2. The van der Waals surface area contributed by atoms with Crippen LogP contribution in [-0.2, 0) is 14.3 Å². The van der Waals surface area contributed by atoms with Crippen LogP contribution in [0.15, 0.2) is 36.7 Å². The number of ether oxygens (including phenoxy) is 1. The van der Waals surface area contributed by atoms with E-state index in [9.17, 15) is 9.59 Å². The van der Waals surface area contributed by atoms with Crippen molar-refractivity contribution in [3.05, 3.63) is 52.3 Å². The molecule has 2 aromatic rings. The Bertz CT molecular complexity index is 774. The third-order valence-electron chi connectivity index (χ3n) is 3.43. The minimum absolute atomic E-state index is 0.0736. The molecule has 0 saturated carbocycles. The number of anilines is 1. The van der Waals surface area contributed by atoms with Crippen LogP contribution >= 0.6 is 23.2 Å². The van der Waals surface area contributed by atoms with Crippen LogP contribution in [0.25, 0.3) is 0 Å². The van der Waals surface area contributed by atoms with Gasteiger partial charge in [0.25, 0.3) is 5.91 Å². The smallest absolute Gasteiger partial charge is 0.326 e. The standard InChI is InChI=1S/C17H18Cl2N4O3/c1-11(13-5-4-12(18)8-14(13)19)22-15(24)10-26-16(25)9-23(2)17-20-6-3-7-21-17/h3-8,11H,9-10H2,1-2H3,(H,22,24)/t11-/m1/s1. The van der Waals surface area contributed by atoms with Crippen molar-refractivity contribution in [3.8, 4) is 0 Å². The van der Waals surface area contributed by atoms with Crippen LogP contribution in [0.4, 0.5) is 5.95 Å². The third kappa shape index (κ3) is 5.86. The van der Waals surface area contributed by atoms with Crippen molar-refractivity contribution in [1.82, 2.24) is 15.3 Å². The lowest BCUT2D eigenvalue weighted by atomic mass is 10.1. The van der Waals surface area contributed by atoms with Gasteiger partial charge in [-0.25, -0.2) is 9.97 Å². The van der Waals surface area contributed by atoms with Crippen molar-refractivity contribution in [2.24, 2.45) is 0 Å². The molecule has 0 spiro atoms. The lowest BCUT2D eigenvalue weighted by Crippen LogP contribution is -2.34. The number of carbonyl (C=O) groups is 2. The Morgan fingerprint density at radius 2 is 1.96 bits per heavy atom. The summed E-state index contributed by atoms with van der Waals surface area (Å²) in [5, 5.41) is 3.68. The maximum atomic E-state index is 12.0. The molecule has 2 rings (SSSR count). The first-order valence-electron chi connectivity index (χ1n) is 7.75. The van der Waals surface area contributed by atoms with Crippen LogP contribution < -0.4 is 10.2 Å². The summed E-state index contributed by atoms with van der Waals surface area (Å²) in [7, 11) is 1.65. The van der Waals surface area contributed by atoms with Crippen LogP contribution in [-0.4, -0.2) is 42.0 Å². The predicted octanol–water partition coefficient (Wildman–Crippen LogP) is 2.64. The van der Waals surface area contributed by atoms with Crippen LogP contribution in [0.1, 0.15) is 18.5 Å². The number of aromatic nitrogens is 2. The van der Waals surface area contributed by atoms with E-state index in [0.29, 0.717) is 16.0 Å². The van der Waals surface area contributed by atoms with E-state index >= 15 is 0 Å². The molecule has 0 bridgehead atoms. The van der Waals surface area contributed by atoms with E-state index in [1.807, 2.05) is 0 Å². The Morgan fingerprint density at radius 3 is 2.62 bits per heavy atom. The number of hydrogen-bond donors (Lipinski definition) is 1. The summed E-state index contributed by atoms with van der Waals surface area (Å²) >= 11 is 12.0. The van der Waals surface area contributed by atoms with Gasteiger partial charge in [0.2, 0.25) is 5.95 Å². The van der Waals surface area contributed by atoms with Gasteiger partial charge in [-0.15, -0.1) is 0 Å². The molecule has 1 aromatic carbocycles. The molecule has 0 unspecified atom stereocenters. The highest BCUT2D eigenvalue weighted by molar-refractivity contribution is 6.35. The van der Waals surface area contributed by atoms with Gasteiger partial charge in [-0.3, -0.25) is 9.59 Å². The molecular weight excluding hydrogens is 379 g/mol. The normalized spacial score (nSPS) is 11.5. The lowest BCUT2D eigenvalue weighted by molar-refractivity contribution is -0.147. The molecule has 1 aromatic heterocycles. The second-order valence-corrected chi connectivity index (χ2v) is 6.36. The minimum atomic E-state index is -0.563. The maximum Gasteiger partial charge on any atom is 0.326 e. The number of benzene rings is 1. The van der Waals surface area contributed by atoms with Crippen molar-refractivity contribution in [3.63, 3.8) is 0 Å². The van der Waals surface area contributed by atoms with Crippen LogP contribution in [0.3, 0.4) is 0 Å². The van der Waals surface area contributed by atoms with Gasteiger partial charge < -0.3 is 15.0 Å². The Kier molecular flexibility index (Phi) is 7.17. The summed E-state index contributed by atoms with van der Waals surface area (Å²) in [5.41, 5.74) is 0.719. The Labute approximate surface area is 161 Å². The molecule has 0 fully saturated rings. The quantitative estimate of drug-likeness (QED) is 0.724. The van der Waals surface area contributed by atoms with Crippen LogP contribution in [0, 0.1) is 0 Å². The largest absolute Gasteiger partial charge is 0.454 e. The molecule has 138 valence electrons. The fourth-order valence-electron chi connectivity index (χ4n) is 2.16. The van der Waals surface area contributed by atoms with E-state index < -0.39 is 18.5 Å². The van der Waals surface area contributed by atoms with Crippen LogP contribution in [0.2, 0.25) is 10.0 Å². The van der Waals surface area contributed by atoms with Crippen molar-refractivity contribution in [1.29, 1.82) is 0 Å². The summed E-state index contributed by atoms with van der Waals surface area (Å²) in [4.78, 5) is 33.4. The van der Waals surface area contributed by atoms with Crippen molar-refractivity contribution in [2.75, 3.05) is 25.1 Å². The summed E-state index contributed by atoms with van der Waals surface area (Å²) in [6, 6.07) is 6.34. The highest BCUT2D eigenvalue weighted by atomic mass is 35.5. The topological polar surface area (TPSA) is 84.4 Å². The predicted molar refractivity (Wildman–Crippen MR) is 99.3 cm³/mol. The van der Waals surface area contributed by atoms with E-state index in [1.54, 1.807) is 50.6 Å². The zero-order valence-corrected chi connectivity index (χ0v) is 15.8. The molecule has 1 N–H and O–H groups in total. The number of carbonyl (C=O) groups excluding carboxylic acids is 2. The number of nitrogens with one attached hydrogen (secondary N) is 1. The zero-order chi connectivity index (χ0) is 19.1. The fourth-order valence-corrected chi connectivity index (χ4v) is 2.73. The Balaban J connectivity index is 1.79. The number of rotatable bonds is 7. The van der Waals surface area contributed by atoms with Crippen molar-refractivity contribution >= 4 is 41.0 Å². The molecule has 1 atom stereocenters. The Hall–Kier alpha value is -2.38. The highest BCUT2D eigenvalue weighted by Gasteiger charge is 2.16. The molecule has 1 heterocycles. The molecule has 26 heavy (non-hydrogen) atoms. The van der Waals surface area contributed by atoms with Gasteiger partial charge in [-0.1, -0.05) is 29.3 Å². The molecule has 0 radical (unpaired) electrons. The highest BCUT2D eigenvalue weighted by Crippen LogP contribution is 2.25. The average molecular weight is 397 g/mol. The second-order valence-electron chi connectivity index (χ2n) is 5.52. The minimum Gasteiger partial charge on any atom is -0.454 e. The van der Waals surface area contributed by atoms with Gasteiger partial charge in [0.05, 0.1) is 6.04 Å². The molecule has 7 nitrogen and oxygen atoms in total. The molecule has 0 saturated heterocycles. The van der Waals surface area contributed by atoms with Crippen molar-refractivity contribution < 1.29 is 14.3 Å². The number of amides is 1. The molecule has 0 aliphatic rings. The number of hydrogen-bond acceptors (Lipinski definition) is 6. The first-order chi connectivity index (χ1) is 12.4. The maximum absolute atomic E-state index is 12.0. The first-order valence-corrected chi connectivity index (χ1v) is 8.50. The molecule has 0 aliphatic heterocycles.